The van der Waals surface area contributed by atoms with E-state index < -0.39 is 10.0 Å². The first-order valence-corrected chi connectivity index (χ1v) is 10.5. The fourth-order valence-electron chi connectivity index (χ4n) is 3.80. The van der Waals surface area contributed by atoms with E-state index in [0.29, 0.717) is 17.2 Å². The maximum Gasteiger partial charge on any atom is 0.264 e. The molecule has 0 aliphatic carbocycles. The van der Waals surface area contributed by atoms with Crippen molar-refractivity contribution in [3.8, 4) is 11.1 Å². The van der Waals surface area contributed by atoms with Crippen molar-refractivity contribution in [1.29, 1.82) is 0 Å². The molecule has 0 bridgehead atoms. The Hall–Kier alpha value is -2.60. The van der Waals surface area contributed by atoms with E-state index in [-0.39, 0.29) is 0 Å². The van der Waals surface area contributed by atoms with Crippen molar-refractivity contribution in [1.82, 2.24) is 5.16 Å². The van der Waals surface area contributed by atoms with Gasteiger partial charge in [0.05, 0.1) is 16.3 Å². The number of para-hydroxylation sites is 1. The van der Waals surface area contributed by atoms with Crippen LogP contribution in [0.4, 0.5) is 5.69 Å². The number of aromatic nitrogens is 1. The maximum atomic E-state index is 13.5. The lowest BCUT2D eigenvalue weighted by atomic mass is 10.0. The van der Waals surface area contributed by atoms with Gasteiger partial charge in [-0.2, -0.15) is 0 Å². The second-order valence-corrected chi connectivity index (χ2v) is 8.82. The lowest BCUT2D eigenvalue weighted by molar-refractivity contribution is 0.393. The average Bonchev–Trinajstić information content (AvgIpc) is 3.00. The van der Waals surface area contributed by atoms with Gasteiger partial charge in [0.2, 0.25) is 0 Å². The zero-order valence-corrected chi connectivity index (χ0v) is 16.5. The molecule has 0 spiro atoms. The van der Waals surface area contributed by atoms with Gasteiger partial charge in [-0.3, -0.25) is 4.31 Å². The van der Waals surface area contributed by atoms with E-state index >= 15 is 0 Å². The van der Waals surface area contributed by atoms with Gasteiger partial charge in [-0.1, -0.05) is 35.5 Å². The first-order valence-electron chi connectivity index (χ1n) is 9.04. The van der Waals surface area contributed by atoms with Gasteiger partial charge in [-0.15, -0.1) is 0 Å². The smallest absolute Gasteiger partial charge is 0.264 e. The SMILES string of the molecule is Cc1ccc(-c2c(C)noc2C)cc1S(=O)(=O)N1CCCc2ccccc21. The summed E-state index contributed by atoms with van der Waals surface area (Å²) in [5.41, 5.74) is 5.00. The highest BCUT2D eigenvalue weighted by molar-refractivity contribution is 7.92. The van der Waals surface area contributed by atoms with Crippen LogP contribution in [0.5, 0.6) is 0 Å². The van der Waals surface area contributed by atoms with Gasteiger partial charge < -0.3 is 4.52 Å². The molecule has 1 aliphatic rings. The molecule has 2 aromatic carbocycles. The predicted octanol–water partition coefficient (Wildman–Crippen LogP) is 4.41. The third kappa shape index (κ3) is 2.94. The van der Waals surface area contributed by atoms with Crippen LogP contribution in [0.3, 0.4) is 0 Å². The molecule has 4 rings (SSSR count). The summed E-state index contributed by atoms with van der Waals surface area (Å²) in [6, 6.07) is 13.3. The van der Waals surface area contributed by atoms with Crippen molar-refractivity contribution >= 4 is 15.7 Å². The molecule has 0 N–H and O–H groups in total. The van der Waals surface area contributed by atoms with Crippen LogP contribution in [-0.2, 0) is 16.4 Å². The molecule has 0 saturated carbocycles. The van der Waals surface area contributed by atoms with Crippen molar-refractivity contribution < 1.29 is 12.9 Å². The second kappa shape index (κ2) is 6.53. The quantitative estimate of drug-likeness (QED) is 0.673. The van der Waals surface area contributed by atoms with Crippen LogP contribution in [-0.4, -0.2) is 20.1 Å². The molecule has 27 heavy (non-hydrogen) atoms. The summed E-state index contributed by atoms with van der Waals surface area (Å²) >= 11 is 0. The molecule has 6 heteroatoms. The lowest BCUT2D eigenvalue weighted by Gasteiger charge is -2.31. The summed E-state index contributed by atoms with van der Waals surface area (Å²) in [6.45, 7) is 6.03. The van der Waals surface area contributed by atoms with Gasteiger partial charge in [-0.25, -0.2) is 8.42 Å². The molecule has 0 radical (unpaired) electrons. The molecule has 0 unspecified atom stereocenters. The summed E-state index contributed by atoms with van der Waals surface area (Å²) in [6.07, 6.45) is 1.72. The summed E-state index contributed by atoms with van der Waals surface area (Å²) in [7, 11) is -3.66. The number of sulfonamides is 1. The normalized spacial score (nSPS) is 14.3. The molecule has 140 valence electrons. The van der Waals surface area contributed by atoms with E-state index in [0.717, 1.165) is 46.5 Å². The Morgan fingerprint density at radius 2 is 1.85 bits per heavy atom. The van der Waals surface area contributed by atoms with Crippen molar-refractivity contribution in [2.75, 3.05) is 10.8 Å². The van der Waals surface area contributed by atoms with Crippen LogP contribution in [0.2, 0.25) is 0 Å². The molecule has 0 amide bonds. The standard InChI is InChI=1S/C21H22N2O3S/c1-14-10-11-18(21-15(2)22-26-16(21)3)13-20(14)27(24,25)23-12-6-8-17-7-4-5-9-19(17)23/h4-5,7,9-11,13H,6,8,12H2,1-3H3. The van der Waals surface area contributed by atoms with Crippen LogP contribution >= 0.6 is 0 Å². The second-order valence-electron chi connectivity index (χ2n) is 6.99. The molecule has 3 aromatic rings. The van der Waals surface area contributed by atoms with E-state index in [9.17, 15) is 8.42 Å². The number of hydrogen-bond donors (Lipinski definition) is 0. The summed E-state index contributed by atoms with van der Waals surface area (Å²) < 4.78 is 33.9. The minimum Gasteiger partial charge on any atom is -0.361 e. The minimum absolute atomic E-state index is 0.330. The molecule has 0 atom stereocenters. The highest BCUT2D eigenvalue weighted by atomic mass is 32.2. The van der Waals surface area contributed by atoms with Gasteiger partial charge >= 0.3 is 0 Å². The van der Waals surface area contributed by atoms with Gasteiger partial charge in [0.25, 0.3) is 10.0 Å². The molecular weight excluding hydrogens is 360 g/mol. The first-order chi connectivity index (χ1) is 12.9. The largest absolute Gasteiger partial charge is 0.361 e. The number of anilines is 1. The van der Waals surface area contributed by atoms with Gasteiger partial charge in [0, 0.05) is 12.1 Å². The van der Waals surface area contributed by atoms with Crippen LogP contribution in [0.1, 0.15) is 29.0 Å². The van der Waals surface area contributed by atoms with Crippen LogP contribution in [0, 0.1) is 20.8 Å². The molecule has 0 saturated heterocycles. The number of fused-ring (bicyclic) bond motifs is 1. The Labute approximate surface area is 159 Å². The van der Waals surface area contributed by atoms with E-state index in [4.69, 9.17) is 4.52 Å². The monoisotopic (exact) mass is 382 g/mol. The number of aryl methyl sites for hydroxylation is 4. The zero-order chi connectivity index (χ0) is 19.2. The Balaban J connectivity index is 1.85. The minimum atomic E-state index is -3.66. The molecule has 1 aliphatic heterocycles. The van der Waals surface area contributed by atoms with E-state index in [1.807, 2.05) is 57.2 Å². The lowest BCUT2D eigenvalue weighted by Crippen LogP contribution is -2.35. The predicted molar refractivity (Wildman–Crippen MR) is 105 cm³/mol. The summed E-state index contributed by atoms with van der Waals surface area (Å²) in [5.74, 6) is 0.683. The number of nitrogens with zero attached hydrogens (tertiary/aromatic N) is 2. The fourth-order valence-corrected chi connectivity index (χ4v) is 5.59. The third-order valence-electron chi connectivity index (χ3n) is 5.15. The summed E-state index contributed by atoms with van der Waals surface area (Å²) in [5, 5.41) is 3.99. The first kappa shape index (κ1) is 17.8. The maximum absolute atomic E-state index is 13.5. The Morgan fingerprint density at radius 3 is 2.59 bits per heavy atom. The van der Waals surface area contributed by atoms with Gasteiger partial charge in [0.15, 0.2) is 0 Å². The molecular formula is C21H22N2O3S. The Bertz CT molecular complexity index is 1100. The van der Waals surface area contributed by atoms with Crippen molar-refractivity contribution in [2.45, 2.75) is 38.5 Å². The highest BCUT2D eigenvalue weighted by Crippen LogP contribution is 2.35. The molecule has 0 fully saturated rings. The van der Waals surface area contributed by atoms with Crippen molar-refractivity contribution in [3.05, 3.63) is 65.0 Å². The Kier molecular flexibility index (Phi) is 4.30. The van der Waals surface area contributed by atoms with E-state index in [1.54, 1.807) is 10.4 Å². The van der Waals surface area contributed by atoms with Gasteiger partial charge in [-0.05, 0) is 62.4 Å². The molecule has 2 heterocycles. The van der Waals surface area contributed by atoms with E-state index in [2.05, 4.69) is 5.16 Å². The number of rotatable bonds is 3. The van der Waals surface area contributed by atoms with Crippen LogP contribution < -0.4 is 4.31 Å². The van der Waals surface area contributed by atoms with Crippen LogP contribution in [0.15, 0.2) is 51.9 Å². The third-order valence-corrected chi connectivity index (χ3v) is 7.10. The summed E-state index contributed by atoms with van der Waals surface area (Å²) in [4.78, 5) is 0.330. The fraction of sp³-hybridized carbons (Fsp3) is 0.286. The highest BCUT2D eigenvalue weighted by Gasteiger charge is 2.30. The molecule has 5 nitrogen and oxygen atoms in total. The number of benzene rings is 2. The van der Waals surface area contributed by atoms with Crippen molar-refractivity contribution in [2.24, 2.45) is 0 Å². The Morgan fingerprint density at radius 1 is 1.07 bits per heavy atom. The zero-order valence-electron chi connectivity index (χ0n) is 15.7. The van der Waals surface area contributed by atoms with Crippen LogP contribution in [0.25, 0.3) is 11.1 Å². The van der Waals surface area contributed by atoms with E-state index in [1.165, 1.54) is 0 Å². The van der Waals surface area contributed by atoms with Crippen molar-refractivity contribution in [3.63, 3.8) is 0 Å². The number of hydrogen-bond acceptors (Lipinski definition) is 4. The topological polar surface area (TPSA) is 63.4 Å². The molecule has 1 aromatic heterocycles. The van der Waals surface area contributed by atoms with Gasteiger partial charge in [0.1, 0.15) is 5.76 Å². The average molecular weight is 382 g/mol.